The average molecular weight is 347 g/mol. The molecule has 2 heterocycles. The summed E-state index contributed by atoms with van der Waals surface area (Å²) in [4.78, 5) is 16.1. The van der Waals surface area contributed by atoms with E-state index in [0.717, 1.165) is 13.0 Å². The molecule has 3 rings (SSSR count). The zero-order valence-electron chi connectivity index (χ0n) is 14.3. The Morgan fingerprint density at radius 2 is 2.12 bits per heavy atom. The molecule has 134 valence electrons. The first-order valence-corrected chi connectivity index (χ1v) is 8.40. The van der Waals surface area contributed by atoms with E-state index in [0.29, 0.717) is 36.8 Å². The van der Waals surface area contributed by atoms with E-state index in [1.807, 2.05) is 11.0 Å². The molecule has 0 saturated carbocycles. The molecule has 1 aliphatic heterocycles. The van der Waals surface area contributed by atoms with Gasteiger partial charge in [0.05, 0.1) is 12.3 Å². The zero-order chi connectivity index (χ0) is 17.6. The fraction of sp³-hybridized carbons (Fsp3) is 0.444. The number of ether oxygens (including phenoxy) is 1. The fourth-order valence-electron chi connectivity index (χ4n) is 2.94. The van der Waals surface area contributed by atoms with Crippen LogP contribution in [0.2, 0.25) is 0 Å². The molecule has 0 N–H and O–H groups in total. The van der Waals surface area contributed by atoms with Gasteiger partial charge in [-0.2, -0.15) is 0 Å². The van der Waals surface area contributed by atoms with Gasteiger partial charge in [-0.05, 0) is 25.5 Å². The number of amides is 1. The molecule has 1 aromatic heterocycles. The van der Waals surface area contributed by atoms with Gasteiger partial charge in [0, 0.05) is 32.2 Å². The largest absolute Gasteiger partial charge is 0.367 e. The topological polar surface area (TPSA) is 58.8 Å². The molecular formula is C18H22FN3O3. The van der Waals surface area contributed by atoms with Gasteiger partial charge in [-0.25, -0.2) is 4.39 Å². The van der Waals surface area contributed by atoms with Crippen LogP contribution in [0.15, 0.2) is 34.9 Å². The molecule has 6 nitrogen and oxygen atoms in total. The predicted molar refractivity (Wildman–Crippen MR) is 90.7 cm³/mol. The van der Waals surface area contributed by atoms with Crippen molar-refractivity contribution in [1.29, 1.82) is 0 Å². The number of carbonyl (C=O) groups excluding carboxylic acids is 1. The number of anilines is 1. The summed E-state index contributed by atoms with van der Waals surface area (Å²) in [7, 11) is 0. The maximum Gasteiger partial charge on any atom is 0.248 e. The molecule has 1 saturated heterocycles. The Kier molecular flexibility index (Phi) is 5.65. The second-order valence-corrected chi connectivity index (χ2v) is 6.09. The number of nitrogens with zero attached hydrogens (tertiary/aromatic N) is 3. The number of rotatable bonds is 5. The minimum atomic E-state index is -0.228. The Hall–Kier alpha value is -2.41. The van der Waals surface area contributed by atoms with Crippen molar-refractivity contribution in [2.24, 2.45) is 0 Å². The third kappa shape index (κ3) is 4.57. The lowest BCUT2D eigenvalue weighted by molar-refractivity contribution is -0.136. The third-order valence-corrected chi connectivity index (χ3v) is 4.19. The lowest BCUT2D eigenvalue weighted by atomic mass is 10.2. The van der Waals surface area contributed by atoms with Crippen LogP contribution in [0, 0.1) is 12.7 Å². The number of aryl methyl sites for hydroxylation is 1. The van der Waals surface area contributed by atoms with E-state index in [1.165, 1.54) is 6.07 Å². The number of para-hydroxylation sites is 1. The number of hydrogen-bond donors (Lipinski definition) is 0. The van der Waals surface area contributed by atoms with Crippen molar-refractivity contribution in [3.63, 3.8) is 0 Å². The van der Waals surface area contributed by atoms with Gasteiger partial charge in [0.2, 0.25) is 5.91 Å². The predicted octanol–water partition coefficient (Wildman–Crippen LogP) is 2.38. The van der Waals surface area contributed by atoms with Gasteiger partial charge in [0.15, 0.2) is 0 Å². The summed E-state index contributed by atoms with van der Waals surface area (Å²) >= 11 is 0. The van der Waals surface area contributed by atoms with Gasteiger partial charge in [-0.1, -0.05) is 17.3 Å². The quantitative estimate of drug-likeness (QED) is 0.831. The van der Waals surface area contributed by atoms with E-state index in [4.69, 9.17) is 9.26 Å². The Morgan fingerprint density at radius 1 is 1.28 bits per heavy atom. The maximum atomic E-state index is 13.9. The second-order valence-electron chi connectivity index (χ2n) is 6.09. The molecule has 0 radical (unpaired) electrons. The Labute approximate surface area is 146 Å². The average Bonchev–Trinajstić information content (AvgIpc) is 2.87. The molecule has 1 amide bonds. The van der Waals surface area contributed by atoms with Crippen LogP contribution in [0.4, 0.5) is 10.1 Å². The highest BCUT2D eigenvalue weighted by Gasteiger charge is 2.20. The van der Waals surface area contributed by atoms with Crippen LogP contribution in [0.25, 0.3) is 0 Å². The number of carbonyl (C=O) groups is 1. The Balaban J connectivity index is 1.48. The van der Waals surface area contributed by atoms with Gasteiger partial charge >= 0.3 is 0 Å². The zero-order valence-corrected chi connectivity index (χ0v) is 14.3. The normalized spacial score (nSPS) is 15.3. The van der Waals surface area contributed by atoms with Gasteiger partial charge in [0.25, 0.3) is 0 Å². The summed E-state index contributed by atoms with van der Waals surface area (Å²) in [5, 5.41) is 3.82. The van der Waals surface area contributed by atoms with Crippen LogP contribution >= 0.6 is 0 Å². The highest BCUT2D eigenvalue weighted by Crippen LogP contribution is 2.20. The third-order valence-electron chi connectivity index (χ3n) is 4.19. The van der Waals surface area contributed by atoms with Crippen LogP contribution < -0.4 is 4.90 Å². The van der Waals surface area contributed by atoms with E-state index in [-0.39, 0.29) is 24.9 Å². The summed E-state index contributed by atoms with van der Waals surface area (Å²) in [5.41, 5.74) is 1.27. The standard InChI is InChI=1S/C18H22FN3O3/c1-14-11-15(20-25-14)12-24-13-18(23)22-8-4-7-21(9-10-22)17-6-3-2-5-16(17)19/h2-3,5-6,11H,4,7-10,12-13H2,1H3. The van der Waals surface area contributed by atoms with E-state index in [2.05, 4.69) is 5.16 Å². The van der Waals surface area contributed by atoms with Crippen molar-refractivity contribution in [3.05, 3.63) is 47.6 Å². The molecular weight excluding hydrogens is 325 g/mol. The smallest absolute Gasteiger partial charge is 0.248 e. The second kappa shape index (κ2) is 8.11. The van der Waals surface area contributed by atoms with Gasteiger partial charge in [-0.15, -0.1) is 0 Å². The SMILES string of the molecule is Cc1cc(COCC(=O)N2CCCN(c3ccccc3F)CC2)no1. The summed E-state index contributed by atoms with van der Waals surface area (Å²) < 4.78 is 24.3. The van der Waals surface area contributed by atoms with Crippen molar-refractivity contribution in [2.75, 3.05) is 37.7 Å². The van der Waals surface area contributed by atoms with Crippen molar-refractivity contribution in [1.82, 2.24) is 10.1 Å². The number of halogens is 1. The molecule has 0 unspecified atom stereocenters. The van der Waals surface area contributed by atoms with Crippen LogP contribution in [-0.4, -0.2) is 48.7 Å². The molecule has 7 heteroatoms. The van der Waals surface area contributed by atoms with E-state index in [1.54, 1.807) is 30.0 Å². The lowest BCUT2D eigenvalue weighted by Crippen LogP contribution is -2.37. The van der Waals surface area contributed by atoms with E-state index in [9.17, 15) is 9.18 Å². The van der Waals surface area contributed by atoms with Crippen molar-refractivity contribution in [2.45, 2.75) is 20.0 Å². The number of hydrogen-bond acceptors (Lipinski definition) is 5. The van der Waals surface area contributed by atoms with Crippen molar-refractivity contribution in [3.8, 4) is 0 Å². The Morgan fingerprint density at radius 3 is 2.88 bits per heavy atom. The molecule has 1 aliphatic rings. The summed E-state index contributed by atoms with van der Waals surface area (Å²) in [6.45, 7) is 4.60. The van der Waals surface area contributed by atoms with Crippen LogP contribution in [0.1, 0.15) is 17.9 Å². The lowest BCUT2D eigenvalue weighted by Gasteiger charge is -2.24. The van der Waals surface area contributed by atoms with Gasteiger partial charge < -0.3 is 19.1 Å². The molecule has 1 aromatic carbocycles. The van der Waals surface area contributed by atoms with E-state index >= 15 is 0 Å². The highest BCUT2D eigenvalue weighted by atomic mass is 19.1. The highest BCUT2D eigenvalue weighted by molar-refractivity contribution is 5.77. The molecule has 0 spiro atoms. The maximum absolute atomic E-state index is 13.9. The molecule has 2 aromatic rings. The Bertz CT molecular complexity index is 719. The molecule has 0 aliphatic carbocycles. The molecule has 1 fully saturated rings. The van der Waals surface area contributed by atoms with Crippen LogP contribution in [-0.2, 0) is 16.1 Å². The first-order chi connectivity index (χ1) is 12.1. The van der Waals surface area contributed by atoms with Gasteiger partial charge in [0.1, 0.15) is 23.9 Å². The van der Waals surface area contributed by atoms with Crippen molar-refractivity contribution >= 4 is 11.6 Å². The molecule has 0 atom stereocenters. The minimum absolute atomic E-state index is 0.00556. The monoisotopic (exact) mass is 347 g/mol. The summed E-state index contributed by atoms with van der Waals surface area (Å²) in [6.07, 6.45) is 0.794. The minimum Gasteiger partial charge on any atom is -0.367 e. The van der Waals surface area contributed by atoms with Crippen molar-refractivity contribution < 1.29 is 18.4 Å². The molecule has 25 heavy (non-hydrogen) atoms. The number of benzene rings is 1. The molecule has 0 bridgehead atoms. The first-order valence-electron chi connectivity index (χ1n) is 8.40. The van der Waals surface area contributed by atoms with Crippen LogP contribution in [0.5, 0.6) is 0 Å². The fourth-order valence-corrected chi connectivity index (χ4v) is 2.94. The van der Waals surface area contributed by atoms with Crippen LogP contribution in [0.3, 0.4) is 0 Å². The number of aromatic nitrogens is 1. The van der Waals surface area contributed by atoms with Gasteiger partial charge in [-0.3, -0.25) is 4.79 Å². The summed E-state index contributed by atoms with van der Waals surface area (Å²) in [5.74, 6) is 0.426. The first kappa shape index (κ1) is 17.4. The van der Waals surface area contributed by atoms with E-state index < -0.39 is 0 Å². The summed E-state index contributed by atoms with van der Waals surface area (Å²) in [6, 6.07) is 8.52.